The van der Waals surface area contributed by atoms with Gasteiger partial charge in [-0.2, -0.15) is 0 Å². The van der Waals surface area contributed by atoms with Gasteiger partial charge in [-0.15, -0.1) is 11.3 Å². The van der Waals surface area contributed by atoms with E-state index in [0.29, 0.717) is 23.8 Å². The van der Waals surface area contributed by atoms with Crippen molar-refractivity contribution in [2.24, 2.45) is 5.92 Å². The van der Waals surface area contributed by atoms with Gasteiger partial charge in [0.05, 0.1) is 5.56 Å². The van der Waals surface area contributed by atoms with Crippen LogP contribution < -0.4 is 5.32 Å². The summed E-state index contributed by atoms with van der Waals surface area (Å²) in [5.74, 6) is 0.196. The van der Waals surface area contributed by atoms with E-state index in [4.69, 9.17) is 4.74 Å². The zero-order valence-corrected chi connectivity index (χ0v) is 17.1. The van der Waals surface area contributed by atoms with Crippen LogP contribution in [0.4, 0.5) is 0 Å². The summed E-state index contributed by atoms with van der Waals surface area (Å²) in [5.41, 5.74) is 2.34. The van der Waals surface area contributed by atoms with E-state index in [2.05, 4.69) is 10.3 Å². The molecule has 0 aliphatic carbocycles. The second-order valence-electron chi connectivity index (χ2n) is 6.39. The third-order valence-electron chi connectivity index (χ3n) is 3.52. The summed E-state index contributed by atoms with van der Waals surface area (Å²) in [4.78, 5) is 28.9. The summed E-state index contributed by atoms with van der Waals surface area (Å²) in [5, 5.41) is 4.78. The van der Waals surface area contributed by atoms with Crippen molar-refractivity contribution in [2.45, 2.75) is 43.9 Å². The molecule has 1 atom stereocenters. The monoisotopic (exact) mass is 392 g/mol. The van der Waals surface area contributed by atoms with Crippen LogP contribution in [0.25, 0.3) is 0 Å². The van der Waals surface area contributed by atoms with Gasteiger partial charge in [-0.1, -0.05) is 43.8 Å². The number of carbonyl (C=O) groups is 2. The van der Waals surface area contributed by atoms with Gasteiger partial charge in [-0.05, 0) is 31.4 Å². The lowest BCUT2D eigenvalue weighted by Gasteiger charge is -2.15. The molecule has 0 fully saturated rings. The fourth-order valence-corrected chi connectivity index (χ4v) is 3.96. The van der Waals surface area contributed by atoms with Crippen LogP contribution in [-0.2, 0) is 15.3 Å². The van der Waals surface area contributed by atoms with Gasteiger partial charge in [0.2, 0.25) is 0 Å². The van der Waals surface area contributed by atoms with Gasteiger partial charge in [0, 0.05) is 23.4 Å². The number of thiazole rings is 1. The van der Waals surface area contributed by atoms with Gasteiger partial charge in [-0.3, -0.25) is 4.79 Å². The molecule has 1 aromatic carbocycles. The number of nitrogens with one attached hydrogen (secondary N) is 1. The van der Waals surface area contributed by atoms with Crippen LogP contribution in [0.2, 0.25) is 0 Å². The number of thioether (sulfide) groups is 1. The van der Waals surface area contributed by atoms with Crippen LogP contribution in [-0.4, -0.2) is 29.5 Å². The largest absolute Gasteiger partial charge is 0.449 e. The Kier molecular flexibility index (Phi) is 7.66. The molecule has 140 valence electrons. The van der Waals surface area contributed by atoms with Crippen molar-refractivity contribution in [1.29, 1.82) is 0 Å². The molecule has 5 nitrogen and oxygen atoms in total. The second-order valence-corrected chi connectivity index (χ2v) is 8.47. The summed E-state index contributed by atoms with van der Waals surface area (Å²) < 4.78 is 6.32. The number of benzene rings is 1. The molecule has 0 saturated heterocycles. The van der Waals surface area contributed by atoms with Crippen molar-refractivity contribution in [3.8, 4) is 0 Å². The first kappa shape index (κ1) is 20.5. The molecular weight excluding hydrogens is 368 g/mol. The molecule has 1 amide bonds. The predicted octanol–water partition coefficient (Wildman–Crippen LogP) is 4.06. The standard InChI is InChI=1S/C19H24N2O3S2/c1-12(2)9-20-17(22)14(4)24-18(23)16-8-6-5-7-15(16)11-26-19-21-13(3)10-25-19/h5-8,10,12,14H,9,11H2,1-4H3,(H,20,22)/t14-/m0/s1. The lowest BCUT2D eigenvalue weighted by molar-refractivity contribution is -0.129. The van der Waals surface area contributed by atoms with Crippen molar-refractivity contribution in [3.63, 3.8) is 0 Å². The zero-order chi connectivity index (χ0) is 19.1. The minimum absolute atomic E-state index is 0.280. The Morgan fingerprint density at radius 1 is 1.27 bits per heavy atom. The highest BCUT2D eigenvalue weighted by atomic mass is 32.2. The molecular formula is C19H24N2O3S2. The smallest absolute Gasteiger partial charge is 0.339 e. The molecule has 0 saturated carbocycles. The lowest BCUT2D eigenvalue weighted by Crippen LogP contribution is -2.37. The number of rotatable bonds is 8. The van der Waals surface area contributed by atoms with Gasteiger partial charge in [0.25, 0.3) is 5.91 Å². The van der Waals surface area contributed by atoms with E-state index in [1.807, 2.05) is 38.3 Å². The lowest BCUT2D eigenvalue weighted by atomic mass is 10.1. The maximum Gasteiger partial charge on any atom is 0.339 e. The molecule has 26 heavy (non-hydrogen) atoms. The van der Waals surface area contributed by atoms with Crippen LogP contribution in [0.15, 0.2) is 34.0 Å². The fourth-order valence-electron chi connectivity index (χ4n) is 2.11. The van der Waals surface area contributed by atoms with E-state index >= 15 is 0 Å². The van der Waals surface area contributed by atoms with Crippen LogP contribution in [0.1, 0.15) is 42.4 Å². The summed E-state index contributed by atoms with van der Waals surface area (Å²) in [6, 6.07) is 7.30. The summed E-state index contributed by atoms with van der Waals surface area (Å²) in [6.07, 6.45) is -0.830. The molecule has 0 spiro atoms. The number of amides is 1. The van der Waals surface area contributed by atoms with E-state index < -0.39 is 12.1 Å². The Labute approximate surface area is 162 Å². The van der Waals surface area contributed by atoms with Gasteiger partial charge in [-0.25, -0.2) is 9.78 Å². The molecule has 0 aliphatic rings. The van der Waals surface area contributed by atoms with E-state index in [1.165, 1.54) is 0 Å². The van der Waals surface area contributed by atoms with Crippen molar-refractivity contribution < 1.29 is 14.3 Å². The molecule has 7 heteroatoms. The van der Waals surface area contributed by atoms with Crippen molar-refractivity contribution >= 4 is 35.0 Å². The third-order valence-corrected chi connectivity index (χ3v) is 5.71. The average Bonchev–Trinajstić information content (AvgIpc) is 3.03. The number of ether oxygens (including phenoxy) is 1. The number of esters is 1. The molecule has 0 bridgehead atoms. The first-order valence-corrected chi connectivity index (χ1v) is 10.3. The number of hydrogen-bond acceptors (Lipinski definition) is 6. The highest BCUT2D eigenvalue weighted by molar-refractivity contribution is 8.00. The summed E-state index contributed by atoms with van der Waals surface area (Å²) >= 11 is 3.17. The Morgan fingerprint density at radius 2 is 2.00 bits per heavy atom. The minimum Gasteiger partial charge on any atom is -0.449 e. The molecule has 1 N–H and O–H groups in total. The molecule has 0 unspecified atom stereocenters. The quantitative estimate of drug-likeness (QED) is 0.542. The topological polar surface area (TPSA) is 68.3 Å². The molecule has 2 aromatic rings. The molecule has 1 aromatic heterocycles. The number of aromatic nitrogens is 1. The van der Waals surface area contributed by atoms with Gasteiger partial charge < -0.3 is 10.1 Å². The highest BCUT2D eigenvalue weighted by Gasteiger charge is 2.20. The van der Waals surface area contributed by atoms with E-state index in [1.54, 1.807) is 42.2 Å². The Morgan fingerprint density at radius 3 is 2.65 bits per heavy atom. The Hall–Kier alpha value is -1.86. The van der Waals surface area contributed by atoms with Crippen molar-refractivity contribution in [1.82, 2.24) is 10.3 Å². The van der Waals surface area contributed by atoms with Crippen LogP contribution >= 0.6 is 23.1 Å². The Bertz CT molecular complexity index is 759. The number of hydrogen-bond donors (Lipinski definition) is 1. The first-order chi connectivity index (χ1) is 12.4. The molecule has 2 rings (SSSR count). The maximum atomic E-state index is 12.5. The zero-order valence-electron chi connectivity index (χ0n) is 15.4. The van der Waals surface area contributed by atoms with Gasteiger partial charge in [0.15, 0.2) is 6.10 Å². The summed E-state index contributed by atoms with van der Waals surface area (Å²) in [7, 11) is 0. The average molecular weight is 393 g/mol. The van der Waals surface area contributed by atoms with Crippen LogP contribution in [0.3, 0.4) is 0 Å². The van der Waals surface area contributed by atoms with Gasteiger partial charge in [0.1, 0.15) is 4.34 Å². The Balaban J connectivity index is 1.98. The molecule has 1 heterocycles. The summed E-state index contributed by atoms with van der Waals surface area (Å²) in [6.45, 7) is 8.12. The third kappa shape index (κ3) is 6.14. The number of carbonyl (C=O) groups excluding carboxylic acids is 2. The molecule has 0 radical (unpaired) electrons. The second kappa shape index (κ2) is 9.73. The predicted molar refractivity (Wildman–Crippen MR) is 106 cm³/mol. The van der Waals surface area contributed by atoms with E-state index in [9.17, 15) is 9.59 Å². The number of nitrogens with zero attached hydrogens (tertiary/aromatic N) is 1. The van der Waals surface area contributed by atoms with Crippen LogP contribution in [0.5, 0.6) is 0 Å². The highest BCUT2D eigenvalue weighted by Crippen LogP contribution is 2.27. The van der Waals surface area contributed by atoms with Gasteiger partial charge >= 0.3 is 5.97 Å². The number of aryl methyl sites for hydroxylation is 1. The fraction of sp³-hybridized carbons (Fsp3) is 0.421. The van der Waals surface area contributed by atoms with E-state index in [0.717, 1.165) is 15.6 Å². The van der Waals surface area contributed by atoms with Crippen molar-refractivity contribution in [2.75, 3.05) is 6.54 Å². The minimum atomic E-state index is -0.830. The first-order valence-electron chi connectivity index (χ1n) is 8.48. The van der Waals surface area contributed by atoms with E-state index in [-0.39, 0.29) is 5.91 Å². The maximum absolute atomic E-state index is 12.5. The SMILES string of the molecule is Cc1csc(SCc2ccccc2C(=O)O[C@@H](C)C(=O)NCC(C)C)n1. The van der Waals surface area contributed by atoms with Crippen molar-refractivity contribution in [3.05, 3.63) is 46.5 Å². The normalized spacial score (nSPS) is 12.0. The molecule has 0 aliphatic heterocycles. The van der Waals surface area contributed by atoms with Crippen LogP contribution in [0, 0.1) is 12.8 Å².